The highest BCUT2D eigenvalue weighted by molar-refractivity contribution is 6.32. The van der Waals surface area contributed by atoms with Crippen molar-refractivity contribution in [3.05, 3.63) is 34.3 Å². The topological polar surface area (TPSA) is 55.1 Å². The molecule has 1 fully saturated rings. The lowest BCUT2D eigenvalue weighted by Crippen LogP contribution is -2.32. The van der Waals surface area contributed by atoms with Gasteiger partial charge in [-0.1, -0.05) is 29.9 Å². The molecular formula is C15H17ClN2O. The van der Waals surface area contributed by atoms with Crippen LogP contribution in [0.5, 0.6) is 0 Å². The van der Waals surface area contributed by atoms with Crippen molar-refractivity contribution in [1.82, 2.24) is 5.32 Å². The minimum Gasteiger partial charge on any atom is -0.352 e. The molecule has 0 heterocycles. The fourth-order valence-electron chi connectivity index (χ4n) is 1.94. The van der Waals surface area contributed by atoms with Gasteiger partial charge >= 0.3 is 0 Å². The van der Waals surface area contributed by atoms with Crippen LogP contribution in [0.1, 0.15) is 35.2 Å². The lowest BCUT2D eigenvalue weighted by atomic mass is 9.85. The maximum Gasteiger partial charge on any atom is 0.251 e. The molecule has 3 nitrogen and oxygen atoms in total. The van der Waals surface area contributed by atoms with Gasteiger partial charge in [-0.3, -0.25) is 4.79 Å². The summed E-state index contributed by atoms with van der Waals surface area (Å²) in [6.07, 6.45) is 3.71. The summed E-state index contributed by atoms with van der Waals surface area (Å²) in [6, 6.07) is 5.14. The van der Waals surface area contributed by atoms with E-state index in [-0.39, 0.29) is 5.91 Å². The number of carbonyl (C=O) groups excluding carboxylic acids is 1. The quantitative estimate of drug-likeness (QED) is 0.832. The van der Waals surface area contributed by atoms with Gasteiger partial charge in [0, 0.05) is 17.7 Å². The number of rotatable bonds is 3. The lowest BCUT2D eigenvalue weighted by molar-refractivity contribution is 0.0939. The number of carbonyl (C=O) groups is 1. The summed E-state index contributed by atoms with van der Waals surface area (Å²) in [5, 5.41) is 3.42. The summed E-state index contributed by atoms with van der Waals surface area (Å²) in [5.74, 6) is 6.18. The van der Waals surface area contributed by atoms with Crippen LogP contribution in [0.15, 0.2) is 18.2 Å². The predicted octanol–water partition coefficient (Wildman–Crippen LogP) is 2.18. The highest BCUT2D eigenvalue weighted by Gasteiger charge is 2.18. The fraction of sp³-hybridized carbons (Fsp3) is 0.400. The number of hydrogen-bond donors (Lipinski definition) is 2. The van der Waals surface area contributed by atoms with Crippen molar-refractivity contribution < 1.29 is 4.79 Å². The summed E-state index contributed by atoms with van der Waals surface area (Å²) >= 11 is 6.09. The second-order valence-corrected chi connectivity index (χ2v) is 5.11. The van der Waals surface area contributed by atoms with Crippen LogP contribution in [-0.2, 0) is 0 Å². The highest BCUT2D eigenvalue weighted by atomic mass is 35.5. The molecule has 0 atom stereocenters. The normalized spacial score (nSPS) is 14.2. The molecule has 1 aromatic carbocycles. The standard InChI is InChI=1S/C15H17ClN2O/c16-14-9-13(7-6-12(14)5-2-8-17)15(19)18-10-11-3-1-4-11/h6-7,9,11H,1,3-4,8,10,17H2,(H,18,19). The van der Waals surface area contributed by atoms with Crippen molar-refractivity contribution >= 4 is 17.5 Å². The molecule has 2 rings (SSSR count). The van der Waals surface area contributed by atoms with Gasteiger partial charge in [0.1, 0.15) is 0 Å². The number of hydrogen-bond acceptors (Lipinski definition) is 2. The van der Waals surface area contributed by atoms with E-state index in [9.17, 15) is 4.79 Å². The summed E-state index contributed by atoms with van der Waals surface area (Å²) < 4.78 is 0. The van der Waals surface area contributed by atoms with E-state index in [1.54, 1.807) is 18.2 Å². The number of halogens is 1. The van der Waals surface area contributed by atoms with Crippen LogP contribution in [0, 0.1) is 17.8 Å². The maximum atomic E-state index is 11.9. The Hall–Kier alpha value is -1.50. The monoisotopic (exact) mass is 276 g/mol. The van der Waals surface area contributed by atoms with Crippen molar-refractivity contribution in [1.29, 1.82) is 0 Å². The zero-order chi connectivity index (χ0) is 13.7. The predicted molar refractivity (Wildman–Crippen MR) is 77.1 cm³/mol. The van der Waals surface area contributed by atoms with E-state index in [0.717, 1.165) is 6.54 Å². The lowest BCUT2D eigenvalue weighted by Gasteiger charge is -2.25. The Morgan fingerprint density at radius 3 is 2.84 bits per heavy atom. The third-order valence-electron chi connectivity index (χ3n) is 3.33. The first-order chi connectivity index (χ1) is 9.20. The van der Waals surface area contributed by atoms with E-state index in [4.69, 9.17) is 17.3 Å². The van der Waals surface area contributed by atoms with E-state index in [2.05, 4.69) is 17.2 Å². The van der Waals surface area contributed by atoms with Gasteiger partial charge in [0.25, 0.3) is 5.91 Å². The maximum absolute atomic E-state index is 11.9. The van der Waals surface area contributed by atoms with Gasteiger partial charge in [-0.05, 0) is 37.0 Å². The second kappa shape index (κ2) is 6.60. The molecule has 19 heavy (non-hydrogen) atoms. The molecule has 1 saturated carbocycles. The minimum absolute atomic E-state index is 0.0767. The van der Waals surface area contributed by atoms with Crippen LogP contribution >= 0.6 is 11.6 Å². The van der Waals surface area contributed by atoms with Gasteiger partial charge in [0.15, 0.2) is 0 Å². The molecule has 0 saturated heterocycles. The number of nitrogens with two attached hydrogens (primary N) is 1. The molecule has 4 heteroatoms. The molecule has 3 N–H and O–H groups in total. The van der Waals surface area contributed by atoms with Crippen LogP contribution in [0.3, 0.4) is 0 Å². The van der Waals surface area contributed by atoms with E-state index in [1.165, 1.54) is 19.3 Å². The summed E-state index contributed by atoms with van der Waals surface area (Å²) in [7, 11) is 0. The van der Waals surface area contributed by atoms with Gasteiger partial charge < -0.3 is 11.1 Å². The van der Waals surface area contributed by atoms with Crippen molar-refractivity contribution in [3.8, 4) is 11.8 Å². The van der Waals surface area contributed by atoms with Crippen molar-refractivity contribution in [2.45, 2.75) is 19.3 Å². The van der Waals surface area contributed by atoms with E-state index >= 15 is 0 Å². The summed E-state index contributed by atoms with van der Waals surface area (Å²) in [6.45, 7) is 1.05. The molecular weight excluding hydrogens is 260 g/mol. The van der Waals surface area contributed by atoms with Gasteiger partial charge in [-0.15, -0.1) is 0 Å². The minimum atomic E-state index is -0.0767. The van der Waals surface area contributed by atoms with E-state index < -0.39 is 0 Å². The zero-order valence-electron chi connectivity index (χ0n) is 10.7. The Labute approximate surface area is 118 Å². The van der Waals surface area contributed by atoms with Crippen molar-refractivity contribution in [2.75, 3.05) is 13.1 Å². The average molecular weight is 277 g/mol. The molecule has 0 radical (unpaired) electrons. The van der Waals surface area contributed by atoms with Crippen LogP contribution < -0.4 is 11.1 Å². The third-order valence-corrected chi connectivity index (χ3v) is 3.65. The molecule has 1 amide bonds. The fourth-order valence-corrected chi connectivity index (χ4v) is 2.17. The smallest absolute Gasteiger partial charge is 0.251 e. The Morgan fingerprint density at radius 1 is 1.47 bits per heavy atom. The Balaban J connectivity index is 1.99. The molecule has 1 aliphatic rings. The first-order valence-electron chi connectivity index (χ1n) is 6.47. The molecule has 100 valence electrons. The van der Waals surface area contributed by atoms with Crippen molar-refractivity contribution in [2.24, 2.45) is 11.7 Å². The van der Waals surface area contributed by atoms with Gasteiger partial charge in [0.05, 0.1) is 11.6 Å². The van der Waals surface area contributed by atoms with Gasteiger partial charge in [0.2, 0.25) is 0 Å². The number of nitrogens with one attached hydrogen (secondary N) is 1. The highest BCUT2D eigenvalue weighted by Crippen LogP contribution is 2.25. The molecule has 0 aliphatic heterocycles. The van der Waals surface area contributed by atoms with Crippen LogP contribution in [-0.4, -0.2) is 19.0 Å². The molecule has 1 aromatic rings. The van der Waals surface area contributed by atoms with Crippen LogP contribution in [0.2, 0.25) is 5.02 Å². The third kappa shape index (κ3) is 3.73. The van der Waals surface area contributed by atoms with Crippen molar-refractivity contribution in [3.63, 3.8) is 0 Å². The SMILES string of the molecule is NCC#Cc1ccc(C(=O)NCC2CCC2)cc1Cl. The first-order valence-corrected chi connectivity index (χ1v) is 6.85. The summed E-state index contributed by atoms with van der Waals surface area (Å²) in [5.41, 5.74) is 6.58. The Bertz CT molecular complexity index is 527. The number of amides is 1. The average Bonchev–Trinajstić information content (AvgIpc) is 2.35. The van der Waals surface area contributed by atoms with E-state index in [0.29, 0.717) is 28.6 Å². The van der Waals surface area contributed by atoms with Crippen LogP contribution in [0.25, 0.3) is 0 Å². The molecule has 0 spiro atoms. The van der Waals surface area contributed by atoms with Gasteiger partial charge in [-0.2, -0.15) is 0 Å². The van der Waals surface area contributed by atoms with Gasteiger partial charge in [-0.25, -0.2) is 0 Å². The molecule has 0 aromatic heterocycles. The molecule has 0 bridgehead atoms. The molecule has 1 aliphatic carbocycles. The Kier molecular flexibility index (Phi) is 4.84. The number of benzene rings is 1. The summed E-state index contributed by atoms with van der Waals surface area (Å²) in [4.78, 5) is 11.9. The molecule has 0 unspecified atom stereocenters. The van der Waals surface area contributed by atoms with E-state index in [1.807, 2.05) is 0 Å². The largest absolute Gasteiger partial charge is 0.352 e. The van der Waals surface area contributed by atoms with Crippen LogP contribution in [0.4, 0.5) is 0 Å². The zero-order valence-corrected chi connectivity index (χ0v) is 11.5. The Morgan fingerprint density at radius 2 is 2.26 bits per heavy atom. The first kappa shape index (κ1) is 13.9. The second-order valence-electron chi connectivity index (χ2n) is 4.71.